The molecule has 0 amide bonds. The van der Waals surface area contributed by atoms with Gasteiger partial charge in [0.1, 0.15) is 0 Å². The van der Waals surface area contributed by atoms with Crippen molar-refractivity contribution in [3.63, 3.8) is 0 Å². The minimum absolute atomic E-state index is 0.0839. The van der Waals surface area contributed by atoms with Crippen LogP contribution in [-0.2, 0) is 4.74 Å². The summed E-state index contributed by atoms with van der Waals surface area (Å²) in [5.41, 5.74) is 0.777. The molecule has 1 aliphatic heterocycles. The van der Waals surface area contributed by atoms with Gasteiger partial charge in [-0.3, -0.25) is 9.69 Å². The van der Waals surface area contributed by atoms with Crippen LogP contribution in [0.15, 0.2) is 28.7 Å². The Morgan fingerprint density at radius 1 is 1.45 bits per heavy atom. The van der Waals surface area contributed by atoms with E-state index in [0.717, 1.165) is 42.6 Å². The zero-order valence-electron chi connectivity index (χ0n) is 12.1. The standard InChI is InChI=1S/C16H22BrNO2/c1-3-20-15-5-4-10-18(11-15)12(2)16(19)13-6-8-14(17)9-7-13/h6-9,12,15H,3-5,10-11H2,1-2H3. The first-order valence-corrected chi connectivity index (χ1v) is 8.06. The summed E-state index contributed by atoms with van der Waals surface area (Å²) >= 11 is 3.40. The molecule has 1 aromatic rings. The maximum Gasteiger partial charge on any atom is 0.179 e. The molecule has 2 atom stereocenters. The number of benzene rings is 1. The predicted octanol–water partition coefficient (Wildman–Crippen LogP) is 3.52. The van der Waals surface area contributed by atoms with Gasteiger partial charge in [-0.25, -0.2) is 0 Å². The number of likely N-dealkylation sites (tertiary alicyclic amines) is 1. The molecular weight excluding hydrogens is 318 g/mol. The predicted molar refractivity (Wildman–Crippen MR) is 84.2 cm³/mol. The lowest BCUT2D eigenvalue weighted by atomic mass is 10.0. The SMILES string of the molecule is CCOC1CCCN(C(C)C(=O)c2ccc(Br)cc2)C1. The van der Waals surface area contributed by atoms with Crippen LogP contribution in [0.1, 0.15) is 37.0 Å². The van der Waals surface area contributed by atoms with Crippen molar-refractivity contribution in [2.45, 2.75) is 38.8 Å². The van der Waals surface area contributed by atoms with Crippen LogP contribution in [0.3, 0.4) is 0 Å². The highest BCUT2D eigenvalue weighted by atomic mass is 79.9. The second-order valence-corrected chi connectivity index (χ2v) is 6.18. The summed E-state index contributed by atoms with van der Waals surface area (Å²) in [7, 11) is 0. The van der Waals surface area contributed by atoms with E-state index in [9.17, 15) is 4.79 Å². The number of hydrogen-bond donors (Lipinski definition) is 0. The Morgan fingerprint density at radius 3 is 2.80 bits per heavy atom. The van der Waals surface area contributed by atoms with Crippen LogP contribution in [0, 0.1) is 0 Å². The molecule has 2 unspecified atom stereocenters. The fraction of sp³-hybridized carbons (Fsp3) is 0.562. The molecule has 1 saturated heterocycles. The van der Waals surface area contributed by atoms with Crippen LogP contribution < -0.4 is 0 Å². The largest absolute Gasteiger partial charge is 0.377 e. The van der Waals surface area contributed by atoms with Crippen molar-refractivity contribution in [1.82, 2.24) is 4.90 Å². The molecule has 0 N–H and O–H groups in total. The molecule has 20 heavy (non-hydrogen) atoms. The van der Waals surface area contributed by atoms with Crippen LogP contribution in [-0.4, -0.2) is 42.5 Å². The molecule has 2 rings (SSSR count). The first-order chi connectivity index (χ1) is 9.61. The summed E-state index contributed by atoms with van der Waals surface area (Å²) in [5, 5.41) is 0. The van der Waals surface area contributed by atoms with Gasteiger partial charge in [0, 0.05) is 23.2 Å². The number of rotatable bonds is 5. The minimum Gasteiger partial charge on any atom is -0.377 e. The van der Waals surface area contributed by atoms with E-state index in [-0.39, 0.29) is 17.9 Å². The van der Waals surface area contributed by atoms with Gasteiger partial charge in [-0.1, -0.05) is 28.1 Å². The van der Waals surface area contributed by atoms with Crippen molar-refractivity contribution >= 4 is 21.7 Å². The Labute approximate surface area is 129 Å². The number of ether oxygens (including phenoxy) is 1. The Hall–Kier alpha value is -0.710. The van der Waals surface area contributed by atoms with E-state index < -0.39 is 0 Å². The second-order valence-electron chi connectivity index (χ2n) is 5.26. The van der Waals surface area contributed by atoms with Gasteiger partial charge in [0.25, 0.3) is 0 Å². The lowest BCUT2D eigenvalue weighted by Crippen LogP contribution is -2.47. The zero-order chi connectivity index (χ0) is 14.5. The number of Topliss-reactive ketones (excluding diaryl/α,β-unsaturated/α-hetero) is 1. The number of carbonyl (C=O) groups excluding carboxylic acids is 1. The molecule has 0 bridgehead atoms. The molecule has 110 valence electrons. The van der Waals surface area contributed by atoms with Crippen LogP contribution in [0.4, 0.5) is 0 Å². The molecule has 4 heteroatoms. The normalized spacial score (nSPS) is 21.6. The molecule has 1 aliphatic rings. The van der Waals surface area contributed by atoms with Crippen molar-refractivity contribution in [2.24, 2.45) is 0 Å². The van der Waals surface area contributed by atoms with Gasteiger partial charge in [0.2, 0.25) is 0 Å². The third-order valence-corrected chi connectivity index (χ3v) is 4.40. The number of hydrogen-bond acceptors (Lipinski definition) is 3. The third-order valence-electron chi connectivity index (χ3n) is 3.87. The first-order valence-electron chi connectivity index (χ1n) is 7.27. The van der Waals surface area contributed by atoms with E-state index in [2.05, 4.69) is 20.8 Å². The lowest BCUT2D eigenvalue weighted by Gasteiger charge is -2.35. The van der Waals surface area contributed by atoms with Gasteiger partial charge in [-0.05, 0) is 45.4 Å². The quantitative estimate of drug-likeness (QED) is 0.768. The Morgan fingerprint density at radius 2 is 2.15 bits per heavy atom. The number of carbonyl (C=O) groups is 1. The topological polar surface area (TPSA) is 29.5 Å². The summed E-state index contributed by atoms with van der Waals surface area (Å²) in [6.45, 7) is 6.60. The fourth-order valence-corrected chi connectivity index (χ4v) is 2.98. The highest BCUT2D eigenvalue weighted by Crippen LogP contribution is 2.19. The number of halogens is 1. The highest BCUT2D eigenvalue weighted by molar-refractivity contribution is 9.10. The molecule has 1 aromatic carbocycles. The van der Waals surface area contributed by atoms with Crippen LogP contribution in [0.5, 0.6) is 0 Å². The van der Waals surface area contributed by atoms with Gasteiger partial charge in [-0.15, -0.1) is 0 Å². The van der Waals surface area contributed by atoms with Crippen molar-refractivity contribution < 1.29 is 9.53 Å². The monoisotopic (exact) mass is 339 g/mol. The fourth-order valence-electron chi connectivity index (χ4n) is 2.71. The number of ketones is 1. The molecule has 0 radical (unpaired) electrons. The summed E-state index contributed by atoms with van der Waals surface area (Å²) in [6, 6.07) is 7.51. The van der Waals surface area contributed by atoms with Crippen LogP contribution in [0.2, 0.25) is 0 Å². The van der Waals surface area contributed by atoms with Crippen molar-refractivity contribution in [1.29, 1.82) is 0 Å². The summed E-state index contributed by atoms with van der Waals surface area (Å²) in [4.78, 5) is 14.8. The van der Waals surface area contributed by atoms with Crippen LogP contribution >= 0.6 is 15.9 Å². The van der Waals surface area contributed by atoms with E-state index in [1.165, 1.54) is 0 Å². The van der Waals surface area contributed by atoms with Gasteiger partial charge in [0.15, 0.2) is 5.78 Å². The Balaban J connectivity index is 2.00. The molecule has 0 spiro atoms. The average molecular weight is 340 g/mol. The van der Waals surface area contributed by atoms with Gasteiger partial charge < -0.3 is 4.74 Å². The average Bonchev–Trinajstić information content (AvgIpc) is 2.47. The van der Waals surface area contributed by atoms with Crippen molar-refractivity contribution in [3.8, 4) is 0 Å². The third kappa shape index (κ3) is 3.90. The molecule has 0 aromatic heterocycles. The summed E-state index contributed by atoms with van der Waals surface area (Å²) in [6.07, 6.45) is 2.47. The van der Waals surface area contributed by atoms with E-state index >= 15 is 0 Å². The van der Waals surface area contributed by atoms with Gasteiger partial charge in [0.05, 0.1) is 12.1 Å². The van der Waals surface area contributed by atoms with E-state index in [1.807, 2.05) is 38.1 Å². The highest BCUT2D eigenvalue weighted by Gasteiger charge is 2.28. The lowest BCUT2D eigenvalue weighted by molar-refractivity contribution is -0.00290. The van der Waals surface area contributed by atoms with E-state index in [1.54, 1.807) is 0 Å². The molecule has 1 fully saturated rings. The Bertz CT molecular complexity index is 444. The summed E-state index contributed by atoms with van der Waals surface area (Å²) in [5.74, 6) is 0.189. The molecule has 3 nitrogen and oxygen atoms in total. The van der Waals surface area contributed by atoms with Crippen molar-refractivity contribution in [3.05, 3.63) is 34.3 Å². The molecule has 0 saturated carbocycles. The van der Waals surface area contributed by atoms with Gasteiger partial charge in [-0.2, -0.15) is 0 Å². The van der Waals surface area contributed by atoms with Crippen LogP contribution in [0.25, 0.3) is 0 Å². The zero-order valence-corrected chi connectivity index (χ0v) is 13.7. The van der Waals surface area contributed by atoms with E-state index in [0.29, 0.717) is 0 Å². The number of piperidine rings is 1. The summed E-state index contributed by atoms with van der Waals surface area (Å²) < 4.78 is 6.70. The second kappa shape index (κ2) is 7.34. The first kappa shape index (κ1) is 15.7. The minimum atomic E-state index is -0.0839. The maximum atomic E-state index is 12.5. The van der Waals surface area contributed by atoms with E-state index in [4.69, 9.17) is 4.74 Å². The maximum absolute atomic E-state index is 12.5. The molecule has 1 heterocycles. The smallest absolute Gasteiger partial charge is 0.179 e. The molecular formula is C16H22BrNO2. The number of nitrogens with zero attached hydrogens (tertiary/aromatic N) is 1. The molecule has 0 aliphatic carbocycles. The van der Waals surface area contributed by atoms with Gasteiger partial charge >= 0.3 is 0 Å². The van der Waals surface area contributed by atoms with Crippen molar-refractivity contribution in [2.75, 3.05) is 19.7 Å². The Kier molecular flexibility index (Phi) is 5.75.